The molecule has 29 heavy (non-hydrogen) atoms. The number of carbonyl (C=O) groups excluding carboxylic acids is 2. The molecule has 0 saturated carbocycles. The van der Waals surface area contributed by atoms with Crippen LogP contribution in [0.15, 0.2) is 21.9 Å². The lowest BCUT2D eigenvalue weighted by Gasteiger charge is -2.18. The molecule has 1 N–H and O–H groups in total. The highest BCUT2D eigenvalue weighted by atomic mass is 32.1. The topological polar surface area (TPSA) is 99.4 Å². The van der Waals surface area contributed by atoms with Gasteiger partial charge in [0.1, 0.15) is 11.5 Å². The number of aromatic nitrogens is 2. The lowest BCUT2D eigenvalue weighted by atomic mass is 9.88. The number of fused-ring (bicyclic) bond motifs is 1. The number of amides is 1. The van der Waals surface area contributed by atoms with Gasteiger partial charge in [0.05, 0.1) is 11.7 Å². The summed E-state index contributed by atoms with van der Waals surface area (Å²) in [5.74, 6) is -0.375. The van der Waals surface area contributed by atoms with Gasteiger partial charge in [-0.2, -0.15) is 0 Å². The zero-order valence-corrected chi connectivity index (χ0v) is 17.8. The van der Waals surface area contributed by atoms with Gasteiger partial charge in [0.15, 0.2) is 0 Å². The Morgan fingerprint density at radius 3 is 2.76 bits per heavy atom. The normalized spacial score (nSPS) is 15.8. The molecule has 2 aromatic heterocycles. The third kappa shape index (κ3) is 4.50. The summed E-state index contributed by atoms with van der Waals surface area (Å²) in [4.78, 5) is 50.1. The van der Waals surface area contributed by atoms with Crippen LogP contribution in [-0.2, 0) is 36.0 Å². The van der Waals surface area contributed by atoms with E-state index in [9.17, 15) is 19.2 Å². The zero-order chi connectivity index (χ0) is 21.3. The van der Waals surface area contributed by atoms with Crippen LogP contribution < -0.4 is 16.6 Å². The van der Waals surface area contributed by atoms with Crippen molar-refractivity contribution in [3.63, 3.8) is 0 Å². The van der Waals surface area contributed by atoms with Crippen LogP contribution in [0.5, 0.6) is 0 Å². The van der Waals surface area contributed by atoms with Gasteiger partial charge in [-0.3, -0.25) is 18.7 Å². The molecule has 0 radical (unpaired) electrons. The Labute approximate surface area is 172 Å². The highest BCUT2D eigenvalue weighted by molar-refractivity contribution is 7.17. The number of esters is 1. The molecule has 1 aliphatic rings. The summed E-state index contributed by atoms with van der Waals surface area (Å²) in [5.41, 5.74) is 0.358. The fraction of sp³-hybridized carbons (Fsp3) is 0.500. The maximum absolute atomic E-state index is 12.7. The largest absolute Gasteiger partial charge is 0.459 e. The molecule has 1 amide bonds. The van der Waals surface area contributed by atoms with Gasteiger partial charge in [0.25, 0.3) is 5.56 Å². The van der Waals surface area contributed by atoms with Crippen molar-refractivity contribution in [3.05, 3.63) is 49.1 Å². The molecular formula is C20H25N3O5S. The first-order valence-corrected chi connectivity index (χ1v) is 10.4. The van der Waals surface area contributed by atoms with Gasteiger partial charge in [-0.1, -0.05) is 6.92 Å². The Balaban J connectivity index is 1.89. The van der Waals surface area contributed by atoms with Crippen LogP contribution in [0.25, 0.3) is 0 Å². The molecule has 9 heteroatoms. The summed E-state index contributed by atoms with van der Waals surface area (Å²) in [7, 11) is 1.35. The molecule has 0 bridgehead atoms. The number of hydrogen-bond acceptors (Lipinski definition) is 6. The van der Waals surface area contributed by atoms with Crippen molar-refractivity contribution in [1.82, 2.24) is 9.13 Å². The van der Waals surface area contributed by atoms with Crippen LogP contribution in [0, 0.1) is 5.92 Å². The van der Waals surface area contributed by atoms with Gasteiger partial charge < -0.3 is 10.1 Å². The van der Waals surface area contributed by atoms with Gasteiger partial charge in [-0.25, -0.2) is 9.59 Å². The van der Waals surface area contributed by atoms with Crippen molar-refractivity contribution >= 4 is 28.2 Å². The van der Waals surface area contributed by atoms with E-state index in [1.807, 2.05) is 0 Å². The maximum atomic E-state index is 12.7. The molecule has 1 aliphatic carbocycles. The molecule has 156 valence electrons. The Morgan fingerprint density at radius 1 is 1.34 bits per heavy atom. The second kappa shape index (κ2) is 8.36. The highest BCUT2D eigenvalue weighted by Gasteiger charge is 2.29. The van der Waals surface area contributed by atoms with Crippen molar-refractivity contribution in [2.45, 2.75) is 52.7 Å². The molecular weight excluding hydrogens is 394 g/mol. The average Bonchev–Trinajstić information content (AvgIpc) is 2.98. The molecule has 0 saturated heterocycles. The van der Waals surface area contributed by atoms with Crippen LogP contribution in [0.4, 0.5) is 5.00 Å². The second-order valence-corrected chi connectivity index (χ2v) is 8.79. The lowest BCUT2D eigenvalue weighted by Crippen LogP contribution is -2.39. The standard InChI is InChI=1S/C20H25N3O5S/c1-11(2)28-19(26)17-13-6-5-12(3)9-14(13)29-18(17)21-15(24)10-23-8-7-16(25)22(4)20(23)27/h7-8,11-12H,5-6,9-10H2,1-4H3,(H,21,24). The number of hydrogen-bond donors (Lipinski definition) is 1. The number of thiophene rings is 1. The first-order chi connectivity index (χ1) is 13.7. The van der Waals surface area contributed by atoms with E-state index in [2.05, 4.69) is 12.2 Å². The average molecular weight is 420 g/mol. The summed E-state index contributed by atoms with van der Waals surface area (Å²) in [6.45, 7) is 5.47. The fourth-order valence-corrected chi connectivity index (χ4v) is 4.80. The molecule has 1 unspecified atom stereocenters. The second-order valence-electron chi connectivity index (χ2n) is 7.68. The number of nitrogens with zero attached hydrogens (tertiary/aromatic N) is 2. The lowest BCUT2D eigenvalue weighted by molar-refractivity contribution is -0.116. The van der Waals surface area contributed by atoms with Crippen molar-refractivity contribution in [1.29, 1.82) is 0 Å². The van der Waals surface area contributed by atoms with E-state index in [-0.39, 0.29) is 12.6 Å². The van der Waals surface area contributed by atoms with E-state index in [1.54, 1.807) is 13.8 Å². The SMILES string of the molecule is CC1CCc2c(sc(NC(=O)Cn3ccc(=O)n(C)c3=O)c2C(=O)OC(C)C)C1. The van der Waals surface area contributed by atoms with Crippen LogP contribution in [0.1, 0.15) is 48.0 Å². The monoisotopic (exact) mass is 419 g/mol. The van der Waals surface area contributed by atoms with Crippen molar-refractivity contribution in [2.75, 3.05) is 5.32 Å². The first kappa shape index (κ1) is 21.0. The Bertz CT molecular complexity index is 1060. The molecule has 8 nitrogen and oxygen atoms in total. The zero-order valence-electron chi connectivity index (χ0n) is 17.0. The number of nitrogens with one attached hydrogen (secondary N) is 1. The van der Waals surface area contributed by atoms with Crippen molar-refractivity contribution < 1.29 is 14.3 Å². The van der Waals surface area contributed by atoms with Crippen LogP contribution >= 0.6 is 11.3 Å². The Hall–Kier alpha value is -2.68. The Morgan fingerprint density at radius 2 is 2.07 bits per heavy atom. The third-order valence-corrected chi connectivity index (χ3v) is 6.06. The van der Waals surface area contributed by atoms with Crippen molar-refractivity contribution in [3.8, 4) is 0 Å². The maximum Gasteiger partial charge on any atom is 0.341 e. The van der Waals surface area contributed by atoms with E-state index >= 15 is 0 Å². The minimum Gasteiger partial charge on any atom is -0.459 e. The quantitative estimate of drug-likeness (QED) is 0.747. The fourth-order valence-electron chi connectivity index (χ4n) is 3.39. The van der Waals surface area contributed by atoms with Crippen LogP contribution in [-0.4, -0.2) is 27.1 Å². The molecule has 0 fully saturated rings. The van der Waals surface area contributed by atoms with Crippen LogP contribution in [0.2, 0.25) is 0 Å². The van der Waals surface area contributed by atoms with Gasteiger partial charge in [0.2, 0.25) is 5.91 Å². The predicted octanol–water partition coefficient (Wildman–Crippen LogP) is 1.94. The number of carbonyl (C=O) groups is 2. The number of rotatable bonds is 5. The summed E-state index contributed by atoms with van der Waals surface area (Å²) in [6.07, 6.45) is 3.63. The predicted molar refractivity (Wildman–Crippen MR) is 111 cm³/mol. The minimum atomic E-state index is -0.577. The van der Waals surface area contributed by atoms with Gasteiger partial charge in [-0.05, 0) is 44.6 Å². The molecule has 3 rings (SSSR count). The van der Waals surface area contributed by atoms with E-state index in [0.29, 0.717) is 16.5 Å². The molecule has 2 heterocycles. The summed E-state index contributed by atoms with van der Waals surface area (Å²) in [6, 6.07) is 1.23. The molecule has 0 spiro atoms. The molecule has 2 aromatic rings. The number of anilines is 1. The van der Waals surface area contributed by atoms with Gasteiger partial charge >= 0.3 is 11.7 Å². The van der Waals surface area contributed by atoms with Crippen molar-refractivity contribution in [2.24, 2.45) is 13.0 Å². The van der Waals surface area contributed by atoms with E-state index < -0.39 is 23.1 Å². The smallest absolute Gasteiger partial charge is 0.341 e. The van der Waals surface area contributed by atoms with Gasteiger partial charge in [-0.15, -0.1) is 11.3 Å². The van der Waals surface area contributed by atoms with E-state index in [0.717, 1.165) is 38.8 Å². The molecule has 1 atom stereocenters. The number of ether oxygens (including phenoxy) is 1. The summed E-state index contributed by atoms with van der Waals surface area (Å²) in [5, 5.41) is 3.23. The third-order valence-electron chi connectivity index (χ3n) is 4.89. The first-order valence-electron chi connectivity index (χ1n) is 9.59. The highest BCUT2D eigenvalue weighted by Crippen LogP contribution is 2.40. The van der Waals surface area contributed by atoms with Crippen LogP contribution in [0.3, 0.4) is 0 Å². The summed E-state index contributed by atoms with van der Waals surface area (Å²) < 4.78 is 7.48. The summed E-state index contributed by atoms with van der Waals surface area (Å²) >= 11 is 1.39. The Kier molecular flexibility index (Phi) is 6.07. The van der Waals surface area contributed by atoms with E-state index in [4.69, 9.17) is 4.74 Å². The minimum absolute atomic E-state index is 0.259. The molecule has 0 aliphatic heterocycles. The molecule has 0 aromatic carbocycles. The van der Waals surface area contributed by atoms with Gasteiger partial charge in [0, 0.05) is 24.2 Å². The van der Waals surface area contributed by atoms with E-state index in [1.165, 1.54) is 30.6 Å².